The predicted octanol–water partition coefficient (Wildman–Crippen LogP) is 3.05. The summed E-state index contributed by atoms with van der Waals surface area (Å²) in [5.74, 6) is 0.148. The first-order valence-corrected chi connectivity index (χ1v) is 7.35. The first kappa shape index (κ1) is 16.2. The number of halogens is 1. The van der Waals surface area contributed by atoms with Crippen molar-refractivity contribution in [3.8, 4) is 0 Å². The minimum absolute atomic E-state index is 0.148. The highest BCUT2D eigenvalue weighted by atomic mass is 35.5. The number of rotatable bonds is 9. The lowest BCUT2D eigenvalue weighted by atomic mass is 10.1. The van der Waals surface area contributed by atoms with Gasteiger partial charge in [0.1, 0.15) is 5.78 Å². The summed E-state index contributed by atoms with van der Waals surface area (Å²) in [6.07, 6.45) is 2.54. The van der Waals surface area contributed by atoms with Crippen LogP contribution in [0.1, 0.15) is 45.0 Å². The van der Waals surface area contributed by atoms with Crippen LogP contribution in [0.4, 0.5) is 0 Å². The maximum absolute atomic E-state index is 11.9. The van der Waals surface area contributed by atoms with E-state index in [1.54, 1.807) is 0 Å². The molecule has 5 heteroatoms. The molecule has 0 N–H and O–H groups in total. The van der Waals surface area contributed by atoms with Gasteiger partial charge in [0.15, 0.2) is 0 Å². The van der Waals surface area contributed by atoms with Gasteiger partial charge in [-0.3, -0.25) is 9.48 Å². The molecule has 19 heavy (non-hydrogen) atoms. The molecule has 0 amide bonds. The summed E-state index contributed by atoms with van der Waals surface area (Å²) in [5, 5.41) is 5.06. The van der Waals surface area contributed by atoms with Gasteiger partial charge >= 0.3 is 0 Å². The molecule has 1 rings (SSSR count). The van der Waals surface area contributed by atoms with E-state index >= 15 is 0 Å². The van der Waals surface area contributed by atoms with Crippen LogP contribution in [0.25, 0.3) is 0 Å². The Kier molecular flexibility index (Phi) is 7.10. The Labute approximate surface area is 120 Å². The molecule has 0 unspecified atom stereocenters. The Hall–Kier alpha value is -0.870. The lowest BCUT2D eigenvalue weighted by molar-refractivity contribution is -0.119. The molecule has 0 aliphatic carbocycles. The van der Waals surface area contributed by atoms with E-state index in [1.807, 2.05) is 25.5 Å². The smallest absolute Gasteiger partial charge is 0.141 e. The van der Waals surface area contributed by atoms with Gasteiger partial charge in [-0.2, -0.15) is 5.10 Å². The number of hydrogen-bond acceptors (Lipinski definition) is 3. The fourth-order valence-electron chi connectivity index (χ4n) is 1.89. The molecular formula is C14H23ClN2O2. The maximum Gasteiger partial charge on any atom is 0.141 e. The standard InChI is InChI=1S/C14H23ClN2O2/c1-4-8-19-9-7-11(18)10-13-14(15)12(5-2)16-17(13)6-3/h4-10H2,1-3H3. The third kappa shape index (κ3) is 4.62. The van der Waals surface area contributed by atoms with Gasteiger partial charge in [-0.05, 0) is 19.8 Å². The summed E-state index contributed by atoms with van der Waals surface area (Å²) >= 11 is 6.27. The molecule has 0 aliphatic heterocycles. The highest BCUT2D eigenvalue weighted by Gasteiger charge is 2.16. The summed E-state index contributed by atoms with van der Waals surface area (Å²) in [7, 11) is 0. The second kappa shape index (κ2) is 8.33. The van der Waals surface area contributed by atoms with Crippen LogP contribution < -0.4 is 0 Å². The third-order valence-corrected chi connectivity index (χ3v) is 3.37. The van der Waals surface area contributed by atoms with E-state index in [0.29, 0.717) is 31.1 Å². The molecule has 0 saturated heterocycles. The largest absolute Gasteiger partial charge is 0.381 e. The van der Waals surface area contributed by atoms with Gasteiger partial charge in [0.2, 0.25) is 0 Å². The Morgan fingerprint density at radius 3 is 2.63 bits per heavy atom. The zero-order valence-electron chi connectivity index (χ0n) is 12.0. The van der Waals surface area contributed by atoms with Crippen molar-refractivity contribution < 1.29 is 9.53 Å². The van der Waals surface area contributed by atoms with Crippen molar-refractivity contribution in [3.63, 3.8) is 0 Å². The Balaban J connectivity index is 2.60. The monoisotopic (exact) mass is 286 g/mol. The zero-order chi connectivity index (χ0) is 14.3. The molecule has 0 aliphatic rings. The molecule has 4 nitrogen and oxygen atoms in total. The first-order valence-electron chi connectivity index (χ1n) is 6.97. The van der Waals surface area contributed by atoms with Gasteiger partial charge in [-0.1, -0.05) is 25.4 Å². The van der Waals surface area contributed by atoms with E-state index in [1.165, 1.54) is 0 Å². The molecule has 108 valence electrons. The van der Waals surface area contributed by atoms with E-state index in [0.717, 1.165) is 30.8 Å². The lowest BCUT2D eigenvalue weighted by Crippen LogP contribution is -2.12. The number of carbonyl (C=O) groups is 1. The molecule has 1 aromatic rings. The number of hydrogen-bond donors (Lipinski definition) is 0. The van der Waals surface area contributed by atoms with Crippen LogP contribution in [-0.4, -0.2) is 28.8 Å². The zero-order valence-corrected chi connectivity index (χ0v) is 12.8. The summed E-state index contributed by atoms with van der Waals surface area (Å²) in [6, 6.07) is 0. The van der Waals surface area contributed by atoms with Gasteiger partial charge in [-0.15, -0.1) is 0 Å². The topological polar surface area (TPSA) is 44.1 Å². The Morgan fingerprint density at radius 2 is 2.05 bits per heavy atom. The minimum Gasteiger partial charge on any atom is -0.381 e. The number of ether oxygens (including phenoxy) is 1. The molecule has 0 atom stereocenters. The van der Waals surface area contributed by atoms with Gasteiger partial charge in [-0.25, -0.2) is 0 Å². The fraction of sp³-hybridized carbons (Fsp3) is 0.714. The number of ketones is 1. The number of aryl methyl sites for hydroxylation is 2. The van der Waals surface area contributed by atoms with Crippen LogP contribution in [0, 0.1) is 0 Å². The molecule has 1 heterocycles. The van der Waals surface area contributed by atoms with Crippen molar-refractivity contribution in [2.24, 2.45) is 0 Å². The van der Waals surface area contributed by atoms with Crippen LogP contribution in [0.15, 0.2) is 0 Å². The molecule has 0 aromatic carbocycles. The molecule has 0 spiro atoms. The lowest BCUT2D eigenvalue weighted by Gasteiger charge is -2.05. The molecule has 0 fully saturated rings. The second-order valence-corrected chi connectivity index (χ2v) is 4.83. The van der Waals surface area contributed by atoms with Crippen LogP contribution in [-0.2, 0) is 28.9 Å². The highest BCUT2D eigenvalue weighted by Crippen LogP contribution is 2.22. The molecule has 1 aromatic heterocycles. The van der Waals surface area contributed by atoms with Gasteiger partial charge < -0.3 is 4.74 Å². The van der Waals surface area contributed by atoms with E-state index in [2.05, 4.69) is 5.10 Å². The number of aromatic nitrogens is 2. The van der Waals surface area contributed by atoms with Crippen LogP contribution in [0.5, 0.6) is 0 Å². The van der Waals surface area contributed by atoms with Crippen molar-refractivity contribution >= 4 is 17.4 Å². The van der Waals surface area contributed by atoms with Gasteiger partial charge in [0, 0.05) is 26.0 Å². The summed E-state index contributed by atoms with van der Waals surface area (Å²) < 4.78 is 7.15. The normalized spacial score (nSPS) is 10.9. The average Bonchev–Trinajstić information content (AvgIpc) is 2.71. The van der Waals surface area contributed by atoms with Crippen molar-refractivity contribution in [3.05, 3.63) is 16.4 Å². The minimum atomic E-state index is 0.148. The first-order chi connectivity index (χ1) is 9.13. The van der Waals surface area contributed by atoms with Crippen LogP contribution in [0.2, 0.25) is 5.02 Å². The van der Waals surface area contributed by atoms with Crippen molar-refractivity contribution in [1.29, 1.82) is 0 Å². The second-order valence-electron chi connectivity index (χ2n) is 4.45. The quantitative estimate of drug-likeness (QED) is 0.655. The van der Waals surface area contributed by atoms with Crippen LogP contribution >= 0.6 is 11.6 Å². The highest BCUT2D eigenvalue weighted by molar-refractivity contribution is 6.32. The fourth-order valence-corrected chi connectivity index (χ4v) is 2.23. The van der Waals surface area contributed by atoms with Crippen molar-refractivity contribution in [2.75, 3.05) is 13.2 Å². The van der Waals surface area contributed by atoms with Crippen molar-refractivity contribution in [2.45, 2.75) is 53.0 Å². The van der Waals surface area contributed by atoms with Crippen LogP contribution in [0.3, 0.4) is 0 Å². The van der Waals surface area contributed by atoms with E-state index in [4.69, 9.17) is 16.3 Å². The van der Waals surface area contributed by atoms with E-state index in [-0.39, 0.29) is 5.78 Å². The molecule has 0 saturated carbocycles. The number of carbonyl (C=O) groups excluding carboxylic acids is 1. The predicted molar refractivity (Wildman–Crippen MR) is 76.7 cm³/mol. The molecule has 0 bridgehead atoms. The van der Waals surface area contributed by atoms with Gasteiger partial charge in [0.05, 0.1) is 23.0 Å². The summed E-state index contributed by atoms with van der Waals surface area (Å²) in [6.45, 7) is 7.99. The van der Waals surface area contributed by atoms with Crippen molar-refractivity contribution in [1.82, 2.24) is 9.78 Å². The number of Topliss-reactive ketones (excluding diaryl/α,β-unsaturated/α-hetero) is 1. The average molecular weight is 287 g/mol. The Morgan fingerprint density at radius 1 is 1.32 bits per heavy atom. The molecular weight excluding hydrogens is 264 g/mol. The summed E-state index contributed by atoms with van der Waals surface area (Å²) in [4.78, 5) is 11.9. The summed E-state index contributed by atoms with van der Waals surface area (Å²) in [5.41, 5.74) is 1.70. The number of nitrogens with zero attached hydrogens (tertiary/aromatic N) is 2. The maximum atomic E-state index is 11.9. The Bertz CT molecular complexity index is 416. The SMILES string of the molecule is CCCOCCC(=O)Cc1c(Cl)c(CC)nn1CC. The van der Waals surface area contributed by atoms with E-state index in [9.17, 15) is 4.79 Å². The van der Waals surface area contributed by atoms with Gasteiger partial charge in [0.25, 0.3) is 0 Å². The third-order valence-electron chi connectivity index (χ3n) is 2.93. The van der Waals surface area contributed by atoms with E-state index < -0.39 is 0 Å². The molecule has 0 radical (unpaired) electrons.